The van der Waals surface area contributed by atoms with Gasteiger partial charge in [-0.05, 0) is 72.4 Å². The first-order valence-corrected chi connectivity index (χ1v) is 9.86. The zero-order valence-corrected chi connectivity index (χ0v) is 14.6. The van der Waals surface area contributed by atoms with Gasteiger partial charge in [0.25, 0.3) is 0 Å². The van der Waals surface area contributed by atoms with E-state index in [1.807, 2.05) is 17.4 Å². The molecule has 0 saturated carbocycles. The summed E-state index contributed by atoms with van der Waals surface area (Å²) >= 11 is 1.86. The van der Waals surface area contributed by atoms with Crippen LogP contribution in [0.2, 0.25) is 0 Å². The minimum Gasteiger partial charge on any atom is -0.369 e. The van der Waals surface area contributed by atoms with Gasteiger partial charge < -0.3 is 4.74 Å². The molecule has 24 heavy (non-hydrogen) atoms. The highest BCUT2D eigenvalue weighted by molar-refractivity contribution is 7.10. The van der Waals surface area contributed by atoms with E-state index in [1.165, 1.54) is 21.6 Å². The SMILES string of the molecule is Fc1ccc2c(c1)C(N1CCC3(CC1)OCCc1ccsc13)CC2. The van der Waals surface area contributed by atoms with Gasteiger partial charge in [-0.15, -0.1) is 11.3 Å². The first-order valence-electron chi connectivity index (χ1n) is 8.98. The molecule has 2 aromatic rings. The second-order valence-corrected chi connectivity index (χ2v) is 8.22. The average Bonchev–Trinajstić information content (AvgIpc) is 3.23. The van der Waals surface area contributed by atoms with E-state index in [1.54, 1.807) is 12.1 Å². The zero-order chi connectivity index (χ0) is 16.1. The van der Waals surface area contributed by atoms with Crippen molar-refractivity contribution >= 4 is 11.3 Å². The Kier molecular flexibility index (Phi) is 3.55. The number of piperidine rings is 1. The molecule has 0 bridgehead atoms. The molecule has 1 spiro atoms. The van der Waals surface area contributed by atoms with Gasteiger partial charge in [0.1, 0.15) is 11.4 Å². The third-order valence-electron chi connectivity index (χ3n) is 6.11. The molecular weight excluding hydrogens is 321 g/mol. The summed E-state index contributed by atoms with van der Waals surface area (Å²) in [4.78, 5) is 4.02. The number of fused-ring (bicyclic) bond motifs is 3. The van der Waals surface area contributed by atoms with Crippen molar-refractivity contribution in [2.75, 3.05) is 19.7 Å². The van der Waals surface area contributed by atoms with E-state index in [0.717, 1.165) is 51.8 Å². The fourth-order valence-electron chi connectivity index (χ4n) is 4.85. The minimum atomic E-state index is -0.104. The summed E-state index contributed by atoms with van der Waals surface area (Å²) in [7, 11) is 0. The Morgan fingerprint density at radius 2 is 2.00 bits per heavy atom. The van der Waals surface area contributed by atoms with Gasteiger partial charge in [0.15, 0.2) is 0 Å². The number of hydrogen-bond acceptors (Lipinski definition) is 3. The number of ether oxygens (including phenoxy) is 1. The lowest BCUT2D eigenvalue weighted by Gasteiger charge is -2.45. The van der Waals surface area contributed by atoms with Crippen LogP contribution >= 0.6 is 11.3 Å². The fourth-order valence-corrected chi connectivity index (χ4v) is 6.02. The summed E-state index contributed by atoms with van der Waals surface area (Å²) in [6.45, 7) is 2.93. The van der Waals surface area contributed by atoms with Crippen molar-refractivity contribution in [2.45, 2.75) is 43.7 Å². The summed E-state index contributed by atoms with van der Waals surface area (Å²) in [5.41, 5.74) is 3.98. The third-order valence-corrected chi connectivity index (χ3v) is 7.25. The molecule has 1 aromatic carbocycles. The van der Waals surface area contributed by atoms with Crippen LogP contribution in [0.4, 0.5) is 4.39 Å². The van der Waals surface area contributed by atoms with E-state index in [-0.39, 0.29) is 11.4 Å². The van der Waals surface area contributed by atoms with Crippen LogP contribution in [-0.2, 0) is 23.2 Å². The van der Waals surface area contributed by atoms with Gasteiger partial charge in [-0.25, -0.2) is 4.39 Å². The molecule has 5 rings (SSSR count). The van der Waals surface area contributed by atoms with Gasteiger partial charge in [-0.2, -0.15) is 0 Å². The van der Waals surface area contributed by atoms with Crippen LogP contribution in [0.25, 0.3) is 0 Å². The van der Waals surface area contributed by atoms with E-state index in [2.05, 4.69) is 16.3 Å². The molecule has 1 aliphatic carbocycles. The molecule has 2 nitrogen and oxygen atoms in total. The molecule has 1 fully saturated rings. The normalized spacial score (nSPS) is 25.6. The Bertz CT molecular complexity index is 763. The molecule has 2 aliphatic heterocycles. The van der Waals surface area contributed by atoms with E-state index in [9.17, 15) is 4.39 Å². The molecule has 1 unspecified atom stereocenters. The van der Waals surface area contributed by atoms with Crippen molar-refractivity contribution in [3.05, 3.63) is 57.0 Å². The van der Waals surface area contributed by atoms with Gasteiger partial charge in [0.05, 0.1) is 6.61 Å². The third kappa shape index (κ3) is 2.27. The summed E-state index contributed by atoms with van der Waals surface area (Å²) in [6.07, 6.45) is 5.37. The number of halogens is 1. The van der Waals surface area contributed by atoms with Crippen molar-refractivity contribution in [1.82, 2.24) is 4.90 Å². The molecule has 1 atom stereocenters. The first-order chi connectivity index (χ1) is 11.8. The molecule has 1 aromatic heterocycles. The van der Waals surface area contributed by atoms with E-state index in [0.29, 0.717) is 6.04 Å². The van der Waals surface area contributed by atoms with Crippen LogP contribution in [0.1, 0.15) is 46.9 Å². The number of likely N-dealkylation sites (tertiary alicyclic amines) is 1. The molecule has 126 valence electrons. The maximum atomic E-state index is 13.7. The molecular formula is C20H22FNOS. The van der Waals surface area contributed by atoms with Crippen LogP contribution in [-0.4, -0.2) is 24.6 Å². The number of nitrogens with zero attached hydrogens (tertiary/aromatic N) is 1. The largest absolute Gasteiger partial charge is 0.369 e. The lowest BCUT2D eigenvalue weighted by Crippen LogP contribution is -2.46. The Balaban J connectivity index is 1.37. The number of rotatable bonds is 1. The number of aryl methyl sites for hydroxylation is 1. The minimum absolute atomic E-state index is 0.0539. The summed E-state index contributed by atoms with van der Waals surface area (Å²) in [5, 5.41) is 2.21. The molecule has 0 N–H and O–H groups in total. The second kappa shape index (κ2) is 5.65. The Hall–Kier alpha value is -1.23. The van der Waals surface area contributed by atoms with Crippen LogP contribution in [0.5, 0.6) is 0 Å². The lowest BCUT2D eigenvalue weighted by atomic mass is 9.84. The Morgan fingerprint density at radius 3 is 2.88 bits per heavy atom. The number of hydrogen-bond donors (Lipinski definition) is 0. The van der Waals surface area contributed by atoms with E-state index < -0.39 is 0 Å². The van der Waals surface area contributed by atoms with Crippen molar-refractivity contribution in [3.8, 4) is 0 Å². The predicted octanol–water partition coefficient (Wildman–Crippen LogP) is 4.44. The first kappa shape index (κ1) is 15.1. The standard InChI is InChI=1S/C20H22FNOS/c21-16-3-1-14-2-4-18(17(14)13-16)22-9-7-20(8-10-22)19-15(5-11-23-20)6-12-24-19/h1,3,6,12-13,18H,2,4-5,7-11H2. The molecule has 3 heterocycles. The highest BCUT2D eigenvalue weighted by Gasteiger charge is 2.43. The van der Waals surface area contributed by atoms with E-state index in [4.69, 9.17) is 4.74 Å². The van der Waals surface area contributed by atoms with Crippen LogP contribution in [0, 0.1) is 5.82 Å². The summed E-state index contributed by atoms with van der Waals surface area (Å²) < 4.78 is 20.0. The highest BCUT2D eigenvalue weighted by Crippen LogP contribution is 2.46. The van der Waals surface area contributed by atoms with Gasteiger partial charge in [0, 0.05) is 24.0 Å². The quantitative estimate of drug-likeness (QED) is 0.759. The smallest absolute Gasteiger partial charge is 0.123 e. The van der Waals surface area contributed by atoms with Crippen molar-refractivity contribution in [3.63, 3.8) is 0 Å². The average molecular weight is 343 g/mol. The second-order valence-electron chi connectivity index (χ2n) is 7.30. The zero-order valence-electron chi connectivity index (χ0n) is 13.8. The summed E-state index contributed by atoms with van der Waals surface area (Å²) in [6, 6.07) is 7.98. The molecule has 1 saturated heterocycles. The molecule has 0 radical (unpaired) electrons. The maximum absolute atomic E-state index is 13.7. The van der Waals surface area contributed by atoms with Crippen molar-refractivity contribution < 1.29 is 9.13 Å². The van der Waals surface area contributed by atoms with Crippen LogP contribution in [0.15, 0.2) is 29.6 Å². The Morgan fingerprint density at radius 1 is 1.12 bits per heavy atom. The van der Waals surface area contributed by atoms with Crippen LogP contribution < -0.4 is 0 Å². The van der Waals surface area contributed by atoms with Gasteiger partial charge in [-0.1, -0.05) is 6.07 Å². The fraction of sp³-hybridized carbons (Fsp3) is 0.500. The number of benzene rings is 1. The Labute approximate surface area is 146 Å². The van der Waals surface area contributed by atoms with Crippen LogP contribution in [0.3, 0.4) is 0 Å². The summed E-state index contributed by atoms with van der Waals surface area (Å²) in [5.74, 6) is -0.104. The van der Waals surface area contributed by atoms with Gasteiger partial charge >= 0.3 is 0 Å². The number of thiophene rings is 1. The van der Waals surface area contributed by atoms with E-state index >= 15 is 0 Å². The van der Waals surface area contributed by atoms with Crippen molar-refractivity contribution in [2.24, 2.45) is 0 Å². The molecule has 0 amide bonds. The lowest BCUT2D eigenvalue weighted by molar-refractivity contribution is -0.100. The predicted molar refractivity (Wildman–Crippen MR) is 93.9 cm³/mol. The highest BCUT2D eigenvalue weighted by atomic mass is 32.1. The topological polar surface area (TPSA) is 12.5 Å². The van der Waals surface area contributed by atoms with Gasteiger partial charge in [-0.3, -0.25) is 4.90 Å². The van der Waals surface area contributed by atoms with Gasteiger partial charge in [0.2, 0.25) is 0 Å². The maximum Gasteiger partial charge on any atom is 0.123 e. The molecule has 3 aliphatic rings. The monoisotopic (exact) mass is 343 g/mol. The van der Waals surface area contributed by atoms with Crippen molar-refractivity contribution in [1.29, 1.82) is 0 Å². The molecule has 4 heteroatoms.